The number of amides is 1. The second-order valence-electron chi connectivity index (χ2n) is 5.44. The summed E-state index contributed by atoms with van der Waals surface area (Å²) < 4.78 is 13.3. The van der Waals surface area contributed by atoms with Gasteiger partial charge in [0.25, 0.3) is 5.91 Å². The van der Waals surface area contributed by atoms with Crippen molar-refractivity contribution in [3.05, 3.63) is 64.5 Å². The van der Waals surface area contributed by atoms with Crippen molar-refractivity contribution in [1.29, 1.82) is 0 Å². The van der Waals surface area contributed by atoms with Gasteiger partial charge in [-0.2, -0.15) is 0 Å². The van der Waals surface area contributed by atoms with Gasteiger partial charge in [-0.25, -0.2) is 4.39 Å². The summed E-state index contributed by atoms with van der Waals surface area (Å²) in [7, 11) is 0. The van der Waals surface area contributed by atoms with Crippen molar-refractivity contribution in [1.82, 2.24) is 0 Å². The summed E-state index contributed by atoms with van der Waals surface area (Å²) >= 11 is 0. The molecule has 0 unspecified atom stereocenters. The first kappa shape index (κ1) is 13.8. The maximum atomic E-state index is 13.3. The molecule has 2 aromatic carbocycles. The van der Waals surface area contributed by atoms with Gasteiger partial charge >= 0.3 is 0 Å². The molecule has 0 spiro atoms. The Morgan fingerprint density at radius 2 is 2.14 bits per heavy atom. The van der Waals surface area contributed by atoms with Crippen LogP contribution in [-0.4, -0.2) is 5.91 Å². The lowest BCUT2D eigenvalue weighted by molar-refractivity contribution is 0.102. The number of nitrogens with one attached hydrogen (secondary N) is 1. The van der Waals surface area contributed by atoms with Crippen LogP contribution in [0.25, 0.3) is 0 Å². The van der Waals surface area contributed by atoms with Crippen molar-refractivity contribution >= 4 is 11.6 Å². The van der Waals surface area contributed by atoms with Crippen molar-refractivity contribution in [3.63, 3.8) is 0 Å². The predicted molar refractivity (Wildman–Crippen MR) is 80.8 cm³/mol. The highest BCUT2D eigenvalue weighted by Gasteiger charge is 2.24. The largest absolute Gasteiger partial charge is 0.324 e. The van der Waals surface area contributed by atoms with E-state index in [-0.39, 0.29) is 17.8 Å². The number of halogens is 1. The van der Waals surface area contributed by atoms with Crippen LogP contribution in [0, 0.1) is 12.7 Å². The van der Waals surface area contributed by atoms with Crippen LogP contribution < -0.4 is 11.1 Å². The van der Waals surface area contributed by atoms with E-state index in [2.05, 4.69) is 5.32 Å². The molecule has 21 heavy (non-hydrogen) atoms. The zero-order chi connectivity index (χ0) is 15.0. The molecule has 0 saturated heterocycles. The van der Waals surface area contributed by atoms with E-state index in [0.717, 1.165) is 24.0 Å². The maximum absolute atomic E-state index is 13.3. The summed E-state index contributed by atoms with van der Waals surface area (Å²) in [6.07, 6.45) is 1.69. The SMILES string of the molecule is Cc1cc(NC(=O)c2cccc3c2CC[C@@H]3N)ccc1F. The minimum atomic E-state index is -0.278. The maximum Gasteiger partial charge on any atom is 0.255 e. The molecule has 0 radical (unpaired) electrons. The summed E-state index contributed by atoms with van der Waals surface area (Å²) in [6, 6.07) is 10.2. The summed E-state index contributed by atoms with van der Waals surface area (Å²) in [5, 5.41) is 2.82. The smallest absolute Gasteiger partial charge is 0.255 e. The van der Waals surface area contributed by atoms with Crippen molar-refractivity contribution in [2.45, 2.75) is 25.8 Å². The fourth-order valence-electron chi connectivity index (χ4n) is 2.82. The minimum absolute atomic E-state index is 0.0146. The molecule has 3 rings (SSSR count). The first-order valence-corrected chi connectivity index (χ1v) is 7.01. The quantitative estimate of drug-likeness (QED) is 0.888. The molecule has 3 N–H and O–H groups in total. The van der Waals surface area contributed by atoms with E-state index in [1.807, 2.05) is 18.2 Å². The molecule has 1 aliphatic rings. The molecule has 1 aliphatic carbocycles. The summed E-state index contributed by atoms with van der Waals surface area (Å²) in [5.41, 5.74) is 9.87. The van der Waals surface area contributed by atoms with Crippen LogP contribution in [0.2, 0.25) is 0 Å². The minimum Gasteiger partial charge on any atom is -0.324 e. The number of nitrogens with two attached hydrogens (primary N) is 1. The van der Waals surface area contributed by atoms with Crippen LogP contribution in [0.3, 0.4) is 0 Å². The van der Waals surface area contributed by atoms with E-state index in [0.29, 0.717) is 16.8 Å². The van der Waals surface area contributed by atoms with Crippen molar-refractivity contribution in [2.24, 2.45) is 5.73 Å². The number of hydrogen-bond acceptors (Lipinski definition) is 2. The van der Waals surface area contributed by atoms with E-state index < -0.39 is 0 Å². The van der Waals surface area contributed by atoms with Crippen molar-refractivity contribution in [3.8, 4) is 0 Å². The number of carbonyl (C=O) groups is 1. The molecule has 0 fully saturated rings. The highest BCUT2D eigenvalue weighted by molar-refractivity contribution is 6.05. The highest BCUT2D eigenvalue weighted by atomic mass is 19.1. The first-order valence-electron chi connectivity index (χ1n) is 7.01. The number of anilines is 1. The fraction of sp³-hybridized carbons (Fsp3) is 0.235. The van der Waals surface area contributed by atoms with Gasteiger partial charge in [-0.3, -0.25) is 4.79 Å². The Kier molecular flexibility index (Phi) is 3.47. The lowest BCUT2D eigenvalue weighted by atomic mass is 10.0. The Labute approximate surface area is 123 Å². The zero-order valence-electron chi connectivity index (χ0n) is 11.8. The molecule has 3 nitrogen and oxygen atoms in total. The Balaban J connectivity index is 1.88. The molecule has 108 valence electrons. The van der Waals surface area contributed by atoms with E-state index in [4.69, 9.17) is 5.73 Å². The van der Waals surface area contributed by atoms with E-state index in [1.54, 1.807) is 19.1 Å². The number of fused-ring (bicyclic) bond motifs is 1. The van der Waals surface area contributed by atoms with Crippen LogP contribution in [-0.2, 0) is 6.42 Å². The van der Waals surface area contributed by atoms with Crippen LogP contribution in [0.1, 0.15) is 39.5 Å². The summed E-state index contributed by atoms with van der Waals surface area (Å²) in [5.74, 6) is -0.452. The molecule has 2 aromatic rings. The van der Waals surface area contributed by atoms with Gasteiger partial charge < -0.3 is 11.1 Å². The zero-order valence-corrected chi connectivity index (χ0v) is 11.8. The van der Waals surface area contributed by atoms with E-state index in [1.165, 1.54) is 6.07 Å². The van der Waals surface area contributed by atoms with Crippen LogP contribution in [0.5, 0.6) is 0 Å². The molecule has 0 saturated carbocycles. The van der Waals surface area contributed by atoms with Gasteiger partial charge in [-0.05, 0) is 60.7 Å². The average molecular weight is 284 g/mol. The van der Waals surface area contributed by atoms with E-state index >= 15 is 0 Å². The molecule has 0 bridgehead atoms. The van der Waals surface area contributed by atoms with Crippen molar-refractivity contribution < 1.29 is 9.18 Å². The average Bonchev–Trinajstić information content (AvgIpc) is 2.85. The van der Waals surface area contributed by atoms with Gasteiger partial charge in [0.15, 0.2) is 0 Å². The second-order valence-corrected chi connectivity index (χ2v) is 5.44. The highest BCUT2D eigenvalue weighted by Crippen LogP contribution is 2.31. The Bertz CT molecular complexity index is 712. The number of benzene rings is 2. The number of rotatable bonds is 2. The molecule has 4 heteroatoms. The Morgan fingerprint density at radius 1 is 1.33 bits per heavy atom. The molecule has 0 heterocycles. The monoisotopic (exact) mass is 284 g/mol. The molecular formula is C17H17FN2O. The second kappa shape index (κ2) is 5.30. The Hall–Kier alpha value is -2.20. The van der Waals surface area contributed by atoms with Gasteiger partial charge in [0, 0.05) is 17.3 Å². The van der Waals surface area contributed by atoms with Gasteiger partial charge in [-0.15, -0.1) is 0 Å². The molecule has 0 aliphatic heterocycles. The first-order chi connectivity index (χ1) is 10.1. The number of hydrogen-bond donors (Lipinski definition) is 2. The summed E-state index contributed by atoms with van der Waals surface area (Å²) in [6.45, 7) is 1.67. The third kappa shape index (κ3) is 2.54. The van der Waals surface area contributed by atoms with Gasteiger partial charge in [0.2, 0.25) is 0 Å². The topological polar surface area (TPSA) is 55.1 Å². The standard InChI is InChI=1S/C17H17FN2O/c1-10-9-11(5-7-15(10)18)20-17(21)14-4-2-3-13-12(14)6-8-16(13)19/h2-5,7,9,16H,6,8,19H2,1H3,(H,20,21)/t16-/m0/s1. The molecule has 1 atom stereocenters. The molecular weight excluding hydrogens is 267 g/mol. The Morgan fingerprint density at radius 3 is 2.90 bits per heavy atom. The van der Waals surface area contributed by atoms with Gasteiger partial charge in [-0.1, -0.05) is 12.1 Å². The third-order valence-electron chi connectivity index (χ3n) is 3.98. The normalized spacial score (nSPS) is 16.6. The molecule has 1 amide bonds. The predicted octanol–water partition coefficient (Wildman–Crippen LogP) is 3.33. The number of carbonyl (C=O) groups excluding carboxylic acids is 1. The number of aryl methyl sites for hydroxylation is 1. The van der Waals surface area contributed by atoms with Gasteiger partial charge in [0.05, 0.1) is 0 Å². The van der Waals surface area contributed by atoms with Crippen LogP contribution >= 0.6 is 0 Å². The lowest BCUT2D eigenvalue weighted by Crippen LogP contribution is -2.15. The van der Waals surface area contributed by atoms with E-state index in [9.17, 15) is 9.18 Å². The van der Waals surface area contributed by atoms with Gasteiger partial charge in [0.1, 0.15) is 5.82 Å². The molecule has 0 aromatic heterocycles. The fourth-order valence-corrected chi connectivity index (χ4v) is 2.82. The lowest BCUT2D eigenvalue weighted by Gasteiger charge is -2.11. The third-order valence-corrected chi connectivity index (χ3v) is 3.98. The van der Waals surface area contributed by atoms with Crippen LogP contribution in [0.4, 0.5) is 10.1 Å². The van der Waals surface area contributed by atoms with Crippen molar-refractivity contribution in [2.75, 3.05) is 5.32 Å². The summed E-state index contributed by atoms with van der Waals surface area (Å²) in [4.78, 5) is 12.4. The van der Waals surface area contributed by atoms with Crippen LogP contribution in [0.15, 0.2) is 36.4 Å².